The zero-order valence-corrected chi connectivity index (χ0v) is 14.2. The minimum atomic E-state index is 0.533. The second-order valence-corrected chi connectivity index (χ2v) is 5.89. The molecule has 0 aliphatic rings. The van der Waals surface area contributed by atoms with E-state index in [0.717, 1.165) is 34.6 Å². The molecule has 106 valence electrons. The number of anilines is 1. The molecule has 0 saturated carbocycles. The van der Waals surface area contributed by atoms with E-state index in [-0.39, 0.29) is 0 Å². The van der Waals surface area contributed by atoms with Gasteiger partial charge in [0.25, 0.3) is 0 Å². The number of benzene rings is 1. The van der Waals surface area contributed by atoms with Crippen LogP contribution in [-0.2, 0) is 13.0 Å². The van der Waals surface area contributed by atoms with Gasteiger partial charge in [-0.2, -0.15) is 0 Å². The zero-order valence-electron chi connectivity index (χ0n) is 11.8. The second kappa shape index (κ2) is 6.55. The van der Waals surface area contributed by atoms with E-state index in [1.165, 1.54) is 5.56 Å². The lowest BCUT2D eigenvalue weighted by Gasteiger charge is -2.21. The molecule has 5 heteroatoms. The lowest BCUT2D eigenvalue weighted by atomic mass is 10.2. The third-order valence-corrected chi connectivity index (χ3v) is 4.29. The van der Waals surface area contributed by atoms with Crippen molar-refractivity contribution in [1.82, 2.24) is 9.97 Å². The molecule has 3 nitrogen and oxygen atoms in total. The predicted octanol–water partition coefficient (Wildman–Crippen LogP) is 4.40. The van der Waals surface area contributed by atoms with Gasteiger partial charge in [-0.1, -0.05) is 52.7 Å². The van der Waals surface area contributed by atoms with Crippen molar-refractivity contribution in [2.75, 3.05) is 11.9 Å². The van der Waals surface area contributed by atoms with Crippen LogP contribution in [-0.4, -0.2) is 17.0 Å². The highest BCUT2D eigenvalue weighted by Gasteiger charge is 2.13. The Balaban J connectivity index is 2.32. The number of rotatable bonds is 4. The predicted molar refractivity (Wildman–Crippen MR) is 87.4 cm³/mol. The van der Waals surface area contributed by atoms with Gasteiger partial charge in [0.1, 0.15) is 16.8 Å². The molecule has 2 aromatic rings. The minimum Gasteiger partial charge on any atom is -0.355 e. The van der Waals surface area contributed by atoms with Crippen LogP contribution in [0.2, 0.25) is 5.15 Å². The highest BCUT2D eigenvalue weighted by atomic mass is 79.9. The van der Waals surface area contributed by atoms with Crippen molar-refractivity contribution in [1.29, 1.82) is 0 Å². The van der Waals surface area contributed by atoms with Crippen molar-refractivity contribution in [3.05, 3.63) is 50.8 Å². The Morgan fingerprint density at radius 2 is 1.95 bits per heavy atom. The summed E-state index contributed by atoms with van der Waals surface area (Å²) in [6, 6.07) is 8.18. The summed E-state index contributed by atoms with van der Waals surface area (Å²) in [7, 11) is 2.02. The van der Waals surface area contributed by atoms with Crippen LogP contribution in [0.1, 0.15) is 23.9 Å². The van der Waals surface area contributed by atoms with E-state index in [4.69, 9.17) is 11.6 Å². The van der Waals surface area contributed by atoms with E-state index in [2.05, 4.69) is 36.9 Å². The molecule has 0 bridgehead atoms. The number of nitrogens with zero attached hydrogens (tertiary/aromatic N) is 3. The van der Waals surface area contributed by atoms with Gasteiger partial charge in [0.2, 0.25) is 0 Å². The lowest BCUT2D eigenvalue weighted by molar-refractivity contribution is 0.847. The van der Waals surface area contributed by atoms with Gasteiger partial charge in [0.15, 0.2) is 0 Å². The van der Waals surface area contributed by atoms with Crippen LogP contribution >= 0.6 is 27.5 Å². The summed E-state index contributed by atoms with van der Waals surface area (Å²) in [5, 5.41) is 0.533. The summed E-state index contributed by atoms with van der Waals surface area (Å²) in [4.78, 5) is 11.0. The van der Waals surface area contributed by atoms with Gasteiger partial charge in [0, 0.05) is 30.0 Å². The number of halogens is 2. The Labute approximate surface area is 133 Å². The van der Waals surface area contributed by atoms with E-state index in [0.29, 0.717) is 5.15 Å². The average molecular weight is 355 g/mol. The van der Waals surface area contributed by atoms with Crippen LogP contribution in [0.5, 0.6) is 0 Å². The Morgan fingerprint density at radius 1 is 1.25 bits per heavy atom. The fourth-order valence-corrected chi connectivity index (χ4v) is 2.60. The van der Waals surface area contributed by atoms with Crippen molar-refractivity contribution >= 4 is 33.3 Å². The third-order valence-electron chi connectivity index (χ3n) is 3.15. The molecule has 0 N–H and O–H groups in total. The summed E-state index contributed by atoms with van der Waals surface area (Å²) >= 11 is 9.76. The SMILES string of the molecule is CCc1nc(Cl)c(C)c(N(C)Cc2ccccc2Br)n1. The van der Waals surface area contributed by atoms with E-state index in [9.17, 15) is 0 Å². The molecule has 0 saturated heterocycles. The summed E-state index contributed by atoms with van der Waals surface area (Å²) in [6.07, 6.45) is 0.774. The molecule has 0 radical (unpaired) electrons. The molecule has 0 unspecified atom stereocenters. The zero-order chi connectivity index (χ0) is 14.7. The molecular formula is C15H17BrClN3. The first-order valence-corrected chi connectivity index (χ1v) is 7.67. The highest BCUT2D eigenvalue weighted by Crippen LogP contribution is 2.25. The molecule has 1 aromatic heterocycles. The summed E-state index contributed by atoms with van der Waals surface area (Å²) < 4.78 is 1.10. The van der Waals surface area contributed by atoms with Crippen molar-refractivity contribution < 1.29 is 0 Å². The molecule has 20 heavy (non-hydrogen) atoms. The Kier molecular flexibility index (Phi) is 5.00. The highest BCUT2D eigenvalue weighted by molar-refractivity contribution is 9.10. The van der Waals surface area contributed by atoms with Crippen LogP contribution in [0, 0.1) is 6.92 Å². The minimum absolute atomic E-state index is 0.533. The molecule has 0 aliphatic carbocycles. The molecule has 0 amide bonds. The Bertz CT molecular complexity index is 616. The Hall–Kier alpha value is -1.13. The number of aromatic nitrogens is 2. The molecular weight excluding hydrogens is 338 g/mol. The summed E-state index contributed by atoms with van der Waals surface area (Å²) in [6.45, 7) is 4.74. The van der Waals surface area contributed by atoms with E-state index in [1.807, 2.05) is 39.1 Å². The van der Waals surface area contributed by atoms with Crippen LogP contribution in [0.15, 0.2) is 28.7 Å². The molecule has 2 rings (SSSR count). The van der Waals surface area contributed by atoms with E-state index >= 15 is 0 Å². The molecule has 0 spiro atoms. The van der Waals surface area contributed by atoms with Gasteiger partial charge >= 0.3 is 0 Å². The maximum atomic E-state index is 6.19. The quantitative estimate of drug-likeness (QED) is 0.762. The number of aryl methyl sites for hydroxylation is 1. The maximum Gasteiger partial charge on any atom is 0.137 e. The van der Waals surface area contributed by atoms with Crippen LogP contribution in [0.4, 0.5) is 5.82 Å². The molecule has 0 aliphatic heterocycles. The molecule has 0 fully saturated rings. The third kappa shape index (κ3) is 3.30. The molecule has 1 aromatic carbocycles. The van der Waals surface area contributed by atoms with Crippen LogP contribution < -0.4 is 4.90 Å². The monoisotopic (exact) mass is 353 g/mol. The number of hydrogen-bond donors (Lipinski definition) is 0. The Morgan fingerprint density at radius 3 is 2.60 bits per heavy atom. The van der Waals surface area contributed by atoms with Gasteiger partial charge < -0.3 is 4.90 Å². The summed E-state index contributed by atoms with van der Waals surface area (Å²) in [5.41, 5.74) is 2.13. The van der Waals surface area contributed by atoms with Crippen molar-refractivity contribution in [3.8, 4) is 0 Å². The first kappa shape index (κ1) is 15.3. The van der Waals surface area contributed by atoms with Gasteiger partial charge in [-0.25, -0.2) is 9.97 Å². The van der Waals surface area contributed by atoms with E-state index < -0.39 is 0 Å². The summed E-state index contributed by atoms with van der Waals surface area (Å²) in [5.74, 6) is 1.66. The van der Waals surface area contributed by atoms with Crippen LogP contribution in [0.25, 0.3) is 0 Å². The first-order chi connectivity index (χ1) is 9.52. The second-order valence-electron chi connectivity index (χ2n) is 4.68. The van der Waals surface area contributed by atoms with Gasteiger partial charge in [-0.15, -0.1) is 0 Å². The number of hydrogen-bond acceptors (Lipinski definition) is 3. The van der Waals surface area contributed by atoms with Crippen LogP contribution in [0.3, 0.4) is 0 Å². The largest absolute Gasteiger partial charge is 0.355 e. The maximum absolute atomic E-state index is 6.19. The van der Waals surface area contributed by atoms with E-state index in [1.54, 1.807) is 0 Å². The normalized spacial score (nSPS) is 10.7. The van der Waals surface area contributed by atoms with Gasteiger partial charge in [-0.3, -0.25) is 0 Å². The average Bonchev–Trinajstić information content (AvgIpc) is 2.44. The topological polar surface area (TPSA) is 29.0 Å². The fourth-order valence-electron chi connectivity index (χ4n) is 2.01. The van der Waals surface area contributed by atoms with Crippen molar-refractivity contribution in [3.63, 3.8) is 0 Å². The van der Waals surface area contributed by atoms with Gasteiger partial charge in [0.05, 0.1) is 0 Å². The van der Waals surface area contributed by atoms with Crippen molar-refractivity contribution in [2.45, 2.75) is 26.8 Å². The standard InChI is InChI=1S/C15H17BrClN3/c1-4-13-18-14(17)10(2)15(19-13)20(3)9-11-7-5-6-8-12(11)16/h5-8H,4,9H2,1-3H3. The van der Waals surface area contributed by atoms with Gasteiger partial charge in [-0.05, 0) is 18.6 Å². The molecule has 0 atom stereocenters. The smallest absolute Gasteiger partial charge is 0.137 e. The molecule has 1 heterocycles. The van der Waals surface area contributed by atoms with Crippen molar-refractivity contribution in [2.24, 2.45) is 0 Å². The first-order valence-electron chi connectivity index (χ1n) is 6.50. The fraction of sp³-hybridized carbons (Fsp3) is 0.333. The lowest BCUT2D eigenvalue weighted by Crippen LogP contribution is -2.20.